The van der Waals surface area contributed by atoms with E-state index in [9.17, 15) is 22.7 Å². The van der Waals surface area contributed by atoms with E-state index >= 15 is 0 Å². The van der Waals surface area contributed by atoms with E-state index in [0.29, 0.717) is 12.8 Å². The van der Waals surface area contributed by atoms with E-state index in [2.05, 4.69) is 5.32 Å². The lowest BCUT2D eigenvalue weighted by Crippen LogP contribution is -2.57. The van der Waals surface area contributed by atoms with Crippen LogP contribution in [0.4, 0.5) is 4.39 Å². The number of β-amino-alcohol motifs (C(OH)–C–C–N with tert-alkyl or cyclic N) is 1. The van der Waals surface area contributed by atoms with Gasteiger partial charge in [0.05, 0.1) is 48.9 Å². The molecule has 31 heavy (non-hydrogen) atoms. The van der Waals surface area contributed by atoms with Gasteiger partial charge in [0, 0.05) is 12.6 Å². The molecule has 0 bridgehead atoms. The van der Waals surface area contributed by atoms with E-state index in [0.717, 1.165) is 25.3 Å². The van der Waals surface area contributed by atoms with Crippen molar-refractivity contribution in [1.82, 2.24) is 9.62 Å². The standard InChI is InChI=1S/C21H29FN2O6S/c22-14-3-1-6-18(9-14)31(27,28)24-11-16(25)12-29-13-20-19(24)8-7-17(30-20)10-21(26)23-15-4-2-5-15/h1,3,6,9,15-17,19-20,25H,2,4-5,7-8,10-13H2,(H,23,26)/t16-,17+,19-,20+/m0/s1. The number of benzene rings is 1. The van der Waals surface area contributed by atoms with Gasteiger partial charge in [-0.1, -0.05) is 6.07 Å². The van der Waals surface area contributed by atoms with Crippen LogP contribution >= 0.6 is 0 Å². The topological polar surface area (TPSA) is 105 Å². The number of nitrogens with one attached hydrogen (secondary N) is 1. The lowest BCUT2D eigenvalue weighted by Gasteiger charge is -2.43. The van der Waals surface area contributed by atoms with Crippen molar-refractivity contribution < 1.29 is 32.2 Å². The normalized spacial score (nSPS) is 30.5. The van der Waals surface area contributed by atoms with Gasteiger partial charge in [0.2, 0.25) is 15.9 Å². The van der Waals surface area contributed by atoms with Crippen LogP contribution in [-0.4, -0.2) is 73.9 Å². The van der Waals surface area contributed by atoms with Crippen molar-refractivity contribution in [1.29, 1.82) is 0 Å². The summed E-state index contributed by atoms with van der Waals surface area (Å²) in [5, 5.41) is 13.2. The Balaban J connectivity index is 1.49. The summed E-state index contributed by atoms with van der Waals surface area (Å²) < 4.78 is 53.2. The zero-order valence-electron chi connectivity index (χ0n) is 17.3. The monoisotopic (exact) mass is 456 g/mol. The zero-order chi connectivity index (χ0) is 22.0. The van der Waals surface area contributed by atoms with Crippen molar-refractivity contribution in [2.24, 2.45) is 0 Å². The third-order valence-corrected chi connectivity index (χ3v) is 8.11. The number of aliphatic hydroxyl groups excluding tert-OH is 1. The fourth-order valence-corrected chi connectivity index (χ4v) is 6.13. The van der Waals surface area contributed by atoms with Crippen molar-refractivity contribution in [2.75, 3.05) is 19.8 Å². The average molecular weight is 457 g/mol. The van der Waals surface area contributed by atoms with Crippen LogP contribution in [0.15, 0.2) is 29.2 Å². The van der Waals surface area contributed by atoms with Crippen molar-refractivity contribution in [3.63, 3.8) is 0 Å². The second kappa shape index (κ2) is 9.50. The van der Waals surface area contributed by atoms with Crippen LogP contribution in [0.1, 0.15) is 38.5 Å². The van der Waals surface area contributed by atoms with E-state index in [1.165, 1.54) is 22.5 Å². The number of fused-ring (bicyclic) bond motifs is 1. The molecule has 4 atom stereocenters. The summed E-state index contributed by atoms with van der Waals surface area (Å²) in [7, 11) is -4.06. The molecule has 1 aromatic carbocycles. The molecule has 4 rings (SSSR count). The highest BCUT2D eigenvalue weighted by Gasteiger charge is 2.43. The number of aliphatic hydroxyl groups is 1. The molecular weight excluding hydrogens is 427 g/mol. The predicted octanol–water partition coefficient (Wildman–Crippen LogP) is 1.18. The fraction of sp³-hybridized carbons (Fsp3) is 0.667. The summed E-state index contributed by atoms with van der Waals surface area (Å²) >= 11 is 0. The number of amides is 1. The van der Waals surface area contributed by atoms with Gasteiger partial charge >= 0.3 is 0 Å². The second-order valence-electron chi connectivity index (χ2n) is 8.56. The Morgan fingerprint density at radius 3 is 2.74 bits per heavy atom. The summed E-state index contributed by atoms with van der Waals surface area (Å²) in [6, 6.07) is 4.52. The highest BCUT2D eigenvalue weighted by molar-refractivity contribution is 7.89. The first-order valence-electron chi connectivity index (χ1n) is 10.8. The van der Waals surface area contributed by atoms with E-state index < -0.39 is 34.1 Å². The number of rotatable bonds is 5. The quantitative estimate of drug-likeness (QED) is 0.690. The first kappa shape index (κ1) is 22.6. The van der Waals surface area contributed by atoms with Crippen molar-refractivity contribution in [3.05, 3.63) is 30.1 Å². The maximum absolute atomic E-state index is 13.7. The van der Waals surface area contributed by atoms with Crippen LogP contribution in [-0.2, 0) is 24.3 Å². The average Bonchev–Trinajstić information content (AvgIpc) is 2.68. The SMILES string of the molecule is O=C(C[C@H]1CC[C@H]2[C@@H](COC[C@@H](O)CN2S(=O)(=O)c2cccc(F)c2)O1)NC1CCC1. The molecule has 1 aliphatic carbocycles. The molecular formula is C21H29FN2O6S. The summed E-state index contributed by atoms with van der Waals surface area (Å²) in [6.07, 6.45) is 2.42. The highest BCUT2D eigenvalue weighted by atomic mass is 32.2. The Kier molecular flexibility index (Phi) is 6.92. The van der Waals surface area contributed by atoms with Crippen LogP contribution in [0.2, 0.25) is 0 Å². The minimum Gasteiger partial charge on any atom is -0.389 e. The van der Waals surface area contributed by atoms with Crippen molar-refractivity contribution in [2.45, 2.75) is 73.8 Å². The molecule has 1 amide bonds. The van der Waals surface area contributed by atoms with Gasteiger partial charge in [-0.3, -0.25) is 4.79 Å². The largest absolute Gasteiger partial charge is 0.389 e. The van der Waals surface area contributed by atoms with E-state index in [-0.39, 0.29) is 49.1 Å². The minimum atomic E-state index is -4.06. The summed E-state index contributed by atoms with van der Waals surface area (Å²) in [5.74, 6) is -0.703. The lowest BCUT2D eigenvalue weighted by atomic mass is 9.92. The maximum Gasteiger partial charge on any atom is 0.243 e. The number of carbonyl (C=O) groups is 1. The number of ether oxygens (including phenoxy) is 2. The van der Waals surface area contributed by atoms with Gasteiger partial charge in [-0.05, 0) is 50.3 Å². The molecule has 2 saturated heterocycles. The van der Waals surface area contributed by atoms with E-state index in [1.54, 1.807) is 0 Å². The molecule has 0 spiro atoms. The van der Waals surface area contributed by atoms with Gasteiger partial charge in [-0.15, -0.1) is 0 Å². The molecule has 2 aliphatic heterocycles. The number of hydrogen-bond acceptors (Lipinski definition) is 6. The Morgan fingerprint density at radius 1 is 1.23 bits per heavy atom. The van der Waals surface area contributed by atoms with Crippen LogP contribution in [0.3, 0.4) is 0 Å². The van der Waals surface area contributed by atoms with Crippen molar-refractivity contribution >= 4 is 15.9 Å². The first-order chi connectivity index (χ1) is 14.8. The minimum absolute atomic E-state index is 0.0332. The van der Waals surface area contributed by atoms with Gasteiger partial charge in [-0.2, -0.15) is 4.31 Å². The molecule has 0 aromatic heterocycles. The smallest absolute Gasteiger partial charge is 0.243 e. The highest BCUT2D eigenvalue weighted by Crippen LogP contribution is 2.31. The molecule has 3 aliphatic rings. The summed E-state index contributed by atoms with van der Waals surface area (Å²) in [4.78, 5) is 12.1. The van der Waals surface area contributed by atoms with Gasteiger partial charge < -0.3 is 19.9 Å². The van der Waals surface area contributed by atoms with Crippen LogP contribution in [0, 0.1) is 5.82 Å². The molecule has 0 radical (unpaired) electrons. The van der Waals surface area contributed by atoms with Gasteiger partial charge in [0.1, 0.15) is 5.82 Å². The van der Waals surface area contributed by atoms with Gasteiger partial charge in [0.25, 0.3) is 0 Å². The summed E-state index contributed by atoms with van der Waals surface area (Å²) in [6.45, 7) is -0.0948. The van der Waals surface area contributed by atoms with E-state index in [1.807, 2.05) is 0 Å². The Morgan fingerprint density at radius 2 is 2.03 bits per heavy atom. The molecule has 3 fully saturated rings. The molecule has 172 valence electrons. The van der Waals surface area contributed by atoms with Crippen LogP contribution < -0.4 is 5.32 Å². The van der Waals surface area contributed by atoms with E-state index in [4.69, 9.17) is 9.47 Å². The molecule has 2 heterocycles. The number of sulfonamides is 1. The fourth-order valence-electron chi connectivity index (χ4n) is 4.38. The summed E-state index contributed by atoms with van der Waals surface area (Å²) in [5.41, 5.74) is 0. The third-order valence-electron chi connectivity index (χ3n) is 6.22. The Bertz CT molecular complexity index is 894. The zero-order valence-corrected chi connectivity index (χ0v) is 18.1. The number of nitrogens with zero attached hydrogens (tertiary/aromatic N) is 1. The molecule has 0 unspecified atom stereocenters. The van der Waals surface area contributed by atoms with Crippen molar-refractivity contribution in [3.8, 4) is 0 Å². The van der Waals surface area contributed by atoms with Gasteiger partial charge in [-0.25, -0.2) is 12.8 Å². The first-order valence-corrected chi connectivity index (χ1v) is 12.2. The number of hydrogen-bond donors (Lipinski definition) is 2. The molecule has 8 nitrogen and oxygen atoms in total. The van der Waals surface area contributed by atoms with Crippen LogP contribution in [0.5, 0.6) is 0 Å². The van der Waals surface area contributed by atoms with Gasteiger partial charge in [0.15, 0.2) is 0 Å². The second-order valence-corrected chi connectivity index (χ2v) is 10.5. The number of carbonyl (C=O) groups excluding carboxylic acids is 1. The van der Waals surface area contributed by atoms with Crippen LogP contribution in [0.25, 0.3) is 0 Å². The lowest BCUT2D eigenvalue weighted by molar-refractivity contribution is -0.147. The Hall–Kier alpha value is -1.59. The maximum atomic E-state index is 13.7. The predicted molar refractivity (Wildman–Crippen MR) is 109 cm³/mol. The molecule has 2 N–H and O–H groups in total. The Labute approximate surface area is 181 Å². The molecule has 1 saturated carbocycles. The molecule has 1 aromatic rings. The molecule has 10 heteroatoms. The number of halogens is 1. The third kappa shape index (κ3) is 5.25.